The fraction of sp³-hybridized carbons (Fsp3) is 0.421. The van der Waals surface area contributed by atoms with E-state index in [1.807, 2.05) is 6.92 Å². The minimum Gasteiger partial charge on any atom is -0.488 e. The third-order valence-corrected chi connectivity index (χ3v) is 6.34. The number of benzene rings is 1. The third kappa shape index (κ3) is 5.07. The van der Waals surface area contributed by atoms with Gasteiger partial charge in [0.25, 0.3) is 0 Å². The van der Waals surface area contributed by atoms with Crippen LogP contribution in [0, 0.1) is 11.6 Å². The summed E-state index contributed by atoms with van der Waals surface area (Å²) in [5, 5.41) is 2.78. The van der Waals surface area contributed by atoms with Gasteiger partial charge in [-0.1, -0.05) is 0 Å². The van der Waals surface area contributed by atoms with Crippen molar-refractivity contribution in [2.45, 2.75) is 25.5 Å². The molecule has 35 heavy (non-hydrogen) atoms. The number of aryl methyl sites for hydroxylation is 1. The number of hydrogen-bond acceptors (Lipinski definition) is 8. The molecular weight excluding hydrogens is 501 g/mol. The Morgan fingerprint density at radius 2 is 1.94 bits per heavy atom. The SMILES string of the molecule is CCn1cnc2c(NCCNS(=O)(=O)C(F)(F)F)nc(N3CCOc4c(F)cc(F)cc4C3)nc21. The Kier molecular flexibility index (Phi) is 6.68. The van der Waals surface area contributed by atoms with Crippen molar-refractivity contribution >= 4 is 33.0 Å². The van der Waals surface area contributed by atoms with Crippen LogP contribution in [0.1, 0.15) is 12.5 Å². The molecule has 0 bridgehead atoms. The lowest BCUT2D eigenvalue weighted by molar-refractivity contribution is -0.0447. The van der Waals surface area contributed by atoms with E-state index in [1.54, 1.807) is 9.47 Å². The number of anilines is 2. The first-order valence-corrected chi connectivity index (χ1v) is 11.9. The van der Waals surface area contributed by atoms with Crippen LogP contribution in [0.3, 0.4) is 0 Å². The van der Waals surface area contributed by atoms with E-state index in [9.17, 15) is 30.4 Å². The van der Waals surface area contributed by atoms with Crippen LogP contribution in [-0.2, 0) is 23.1 Å². The summed E-state index contributed by atoms with van der Waals surface area (Å²) in [4.78, 5) is 14.8. The third-order valence-electron chi connectivity index (χ3n) is 5.14. The topological polar surface area (TPSA) is 114 Å². The largest absolute Gasteiger partial charge is 0.511 e. The van der Waals surface area contributed by atoms with Gasteiger partial charge in [0.2, 0.25) is 5.95 Å². The van der Waals surface area contributed by atoms with E-state index < -0.39 is 33.7 Å². The van der Waals surface area contributed by atoms with Crippen LogP contribution in [0.15, 0.2) is 18.5 Å². The van der Waals surface area contributed by atoms with Gasteiger partial charge < -0.3 is 19.5 Å². The normalized spacial score (nSPS) is 14.5. The first-order chi connectivity index (χ1) is 16.5. The second kappa shape index (κ2) is 9.41. The highest BCUT2D eigenvalue weighted by atomic mass is 32.2. The molecule has 2 N–H and O–H groups in total. The van der Waals surface area contributed by atoms with Crippen LogP contribution in [0.4, 0.5) is 33.7 Å². The lowest BCUT2D eigenvalue weighted by Gasteiger charge is -2.21. The quantitative estimate of drug-likeness (QED) is 0.360. The molecule has 0 aliphatic carbocycles. The lowest BCUT2D eigenvalue weighted by Crippen LogP contribution is -2.38. The predicted molar refractivity (Wildman–Crippen MR) is 115 cm³/mol. The van der Waals surface area contributed by atoms with Gasteiger partial charge in [-0.15, -0.1) is 0 Å². The number of fused-ring (bicyclic) bond motifs is 2. The number of alkyl halides is 3. The molecule has 0 unspecified atom stereocenters. The summed E-state index contributed by atoms with van der Waals surface area (Å²) in [6, 6.07) is 1.88. The number of rotatable bonds is 7. The molecule has 0 fully saturated rings. The van der Waals surface area contributed by atoms with Crippen molar-refractivity contribution in [2.75, 3.05) is 36.5 Å². The lowest BCUT2D eigenvalue weighted by atomic mass is 10.2. The summed E-state index contributed by atoms with van der Waals surface area (Å²) in [7, 11) is -5.49. The maximum Gasteiger partial charge on any atom is 0.511 e. The molecule has 3 heterocycles. The van der Waals surface area contributed by atoms with E-state index in [1.165, 1.54) is 11.0 Å². The van der Waals surface area contributed by atoms with Gasteiger partial charge in [-0.25, -0.2) is 26.9 Å². The molecule has 2 aromatic heterocycles. The number of nitrogens with zero attached hydrogens (tertiary/aromatic N) is 5. The summed E-state index contributed by atoms with van der Waals surface area (Å²) in [6.45, 7) is 1.87. The molecule has 0 radical (unpaired) electrons. The summed E-state index contributed by atoms with van der Waals surface area (Å²) >= 11 is 0. The minimum absolute atomic E-state index is 0.0284. The second-order valence-electron chi connectivity index (χ2n) is 7.49. The zero-order valence-electron chi connectivity index (χ0n) is 18.2. The molecule has 190 valence electrons. The first-order valence-electron chi connectivity index (χ1n) is 10.4. The van der Waals surface area contributed by atoms with E-state index in [-0.39, 0.29) is 49.3 Å². The Hall–Kier alpha value is -3.27. The molecule has 0 saturated carbocycles. The number of hydrogen-bond donors (Lipinski definition) is 2. The Labute approximate surface area is 196 Å². The van der Waals surface area contributed by atoms with Crippen molar-refractivity contribution in [1.29, 1.82) is 0 Å². The van der Waals surface area contributed by atoms with Crippen LogP contribution in [0.2, 0.25) is 0 Å². The van der Waals surface area contributed by atoms with E-state index >= 15 is 0 Å². The Morgan fingerprint density at radius 3 is 2.66 bits per heavy atom. The van der Waals surface area contributed by atoms with Crippen LogP contribution < -0.4 is 19.7 Å². The van der Waals surface area contributed by atoms with Crippen molar-refractivity contribution < 1.29 is 35.1 Å². The molecule has 1 aromatic carbocycles. The van der Waals surface area contributed by atoms with Crippen molar-refractivity contribution in [2.24, 2.45) is 0 Å². The van der Waals surface area contributed by atoms with Gasteiger partial charge in [-0.05, 0) is 13.0 Å². The molecule has 10 nitrogen and oxygen atoms in total. The van der Waals surface area contributed by atoms with E-state index in [0.29, 0.717) is 17.7 Å². The molecular formula is C19H20F5N7O3S. The summed E-state index contributed by atoms with van der Waals surface area (Å²) < 4.78 is 96.5. The monoisotopic (exact) mass is 521 g/mol. The van der Waals surface area contributed by atoms with Crippen molar-refractivity contribution in [3.63, 3.8) is 0 Å². The van der Waals surface area contributed by atoms with Crippen LogP contribution in [0.25, 0.3) is 11.2 Å². The van der Waals surface area contributed by atoms with Gasteiger partial charge in [0, 0.05) is 37.8 Å². The summed E-state index contributed by atoms with van der Waals surface area (Å²) in [5.41, 5.74) is -4.44. The average Bonchev–Trinajstić information content (AvgIpc) is 3.07. The molecule has 3 aromatic rings. The van der Waals surface area contributed by atoms with Gasteiger partial charge in [0.05, 0.1) is 12.9 Å². The van der Waals surface area contributed by atoms with E-state index in [0.717, 1.165) is 12.1 Å². The molecule has 0 amide bonds. The fourth-order valence-corrected chi connectivity index (χ4v) is 4.02. The highest BCUT2D eigenvalue weighted by Crippen LogP contribution is 2.30. The van der Waals surface area contributed by atoms with Crippen LogP contribution >= 0.6 is 0 Å². The first kappa shape index (κ1) is 24.8. The van der Waals surface area contributed by atoms with Gasteiger partial charge >= 0.3 is 15.5 Å². The zero-order valence-corrected chi connectivity index (χ0v) is 19.1. The van der Waals surface area contributed by atoms with Crippen LogP contribution in [0.5, 0.6) is 5.75 Å². The van der Waals surface area contributed by atoms with Crippen molar-refractivity contribution in [1.82, 2.24) is 24.2 Å². The van der Waals surface area contributed by atoms with E-state index in [2.05, 4.69) is 20.3 Å². The van der Waals surface area contributed by atoms with Gasteiger partial charge in [-0.3, -0.25) is 0 Å². The number of ether oxygens (including phenoxy) is 1. The molecule has 1 aliphatic rings. The van der Waals surface area contributed by atoms with Crippen LogP contribution in [-0.4, -0.2) is 59.7 Å². The summed E-state index contributed by atoms with van der Waals surface area (Å²) in [5.74, 6) is -1.35. The molecule has 0 spiro atoms. The smallest absolute Gasteiger partial charge is 0.488 e. The molecule has 4 rings (SSSR count). The minimum atomic E-state index is -5.49. The molecule has 16 heteroatoms. The average molecular weight is 521 g/mol. The Balaban J connectivity index is 1.62. The molecule has 0 saturated heterocycles. The molecule has 0 atom stereocenters. The Bertz CT molecular complexity index is 1350. The number of sulfonamides is 1. The number of nitrogens with one attached hydrogen (secondary N) is 2. The standard InChI is InChI=1S/C19H20F5N7O3S/c1-2-30-10-26-14-16(25-3-4-27-35(32,33)19(22,23)24)28-18(29-17(14)30)31-5-6-34-15-11(9-31)7-12(20)8-13(15)21/h7-8,10,27H,2-6,9H2,1H3,(H,25,28,29). The number of halogens is 5. The Morgan fingerprint density at radius 1 is 1.17 bits per heavy atom. The van der Waals surface area contributed by atoms with E-state index in [4.69, 9.17) is 4.74 Å². The van der Waals surface area contributed by atoms with Crippen molar-refractivity contribution in [3.8, 4) is 5.75 Å². The van der Waals surface area contributed by atoms with Gasteiger partial charge in [0.1, 0.15) is 12.4 Å². The van der Waals surface area contributed by atoms with Gasteiger partial charge in [-0.2, -0.15) is 23.1 Å². The second-order valence-corrected chi connectivity index (χ2v) is 9.25. The number of aromatic nitrogens is 4. The maximum absolute atomic E-state index is 14.1. The fourth-order valence-electron chi connectivity index (χ4n) is 3.48. The van der Waals surface area contributed by atoms with Crippen molar-refractivity contribution in [3.05, 3.63) is 35.7 Å². The highest BCUT2D eigenvalue weighted by Gasteiger charge is 2.45. The highest BCUT2D eigenvalue weighted by molar-refractivity contribution is 7.90. The zero-order chi connectivity index (χ0) is 25.4. The molecule has 1 aliphatic heterocycles. The summed E-state index contributed by atoms with van der Waals surface area (Å²) in [6.07, 6.45) is 1.51. The number of imidazole rings is 1. The predicted octanol–water partition coefficient (Wildman–Crippen LogP) is 2.37. The maximum atomic E-state index is 14.1. The van der Waals surface area contributed by atoms with Gasteiger partial charge in [0.15, 0.2) is 28.5 Å².